The number of hydrogen-bond acceptors (Lipinski definition) is 8. The van der Waals surface area contributed by atoms with Gasteiger partial charge in [0.25, 0.3) is 20.2 Å². The van der Waals surface area contributed by atoms with Gasteiger partial charge in [0, 0.05) is 40.0 Å². The van der Waals surface area contributed by atoms with Crippen molar-refractivity contribution in [3.8, 4) is 22.5 Å². The lowest BCUT2D eigenvalue weighted by atomic mass is 9.90. The van der Waals surface area contributed by atoms with Crippen molar-refractivity contribution in [2.75, 3.05) is 5.32 Å². The van der Waals surface area contributed by atoms with E-state index in [9.17, 15) is 35.8 Å². The molecular weight excluding hydrogens is 620 g/mol. The number of benzene rings is 5. The number of anilines is 2. The van der Waals surface area contributed by atoms with Crippen LogP contribution in [0.15, 0.2) is 128 Å². The maximum Gasteiger partial charge on any atom is 0.336 e. The number of nitrogens with zero attached hydrogens (tertiary/aromatic N) is 1. The minimum Gasteiger partial charge on any atom is -0.478 e. The molecule has 4 aromatic rings. The van der Waals surface area contributed by atoms with E-state index in [1.807, 2.05) is 0 Å². The predicted molar refractivity (Wildman–Crippen MR) is 166 cm³/mol. The monoisotopic (exact) mass is 642 g/mol. The Labute approximate surface area is 256 Å². The van der Waals surface area contributed by atoms with Crippen LogP contribution in [-0.2, 0) is 20.2 Å². The Balaban J connectivity index is 1.51. The first-order chi connectivity index (χ1) is 21.4. The van der Waals surface area contributed by atoms with Crippen molar-refractivity contribution in [1.82, 2.24) is 0 Å². The van der Waals surface area contributed by atoms with Crippen molar-refractivity contribution in [2.45, 2.75) is 9.79 Å². The van der Waals surface area contributed by atoms with Gasteiger partial charge in [0.2, 0.25) is 0 Å². The van der Waals surface area contributed by atoms with Gasteiger partial charge in [-0.2, -0.15) is 16.8 Å². The van der Waals surface area contributed by atoms with Crippen LogP contribution < -0.4 is 10.7 Å². The lowest BCUT2D eigenvalue weighted by molar-refractivity contribution is 0.0697. The highest BCUT2D eigenvalue weighted by molar-refractivity contribution is 7.86. The predicted octanol–water partition coefficient (Wildman–Crippen LogP) is 6.37. The van der Waals surface area contributed by atoms with Gasteiger partial charge in [-0.25, -0.2) is 9.79 Å². The normalized spacial score (nSPS) is 12.4. The number of hydrogen-bond donors (Lipinski definition) is 4. The van der Waals surface area contributed by atoms with Crippen LogP contribution in [0.3, 0.4) is 0 Å². The van der Waals surface area contributed by atoms with Gasteiger partial charge in [0.05, 0.1) is 26.4 Å². The number of carboxylic acids is 1. The number of fused-ring (bicyclic) bond motifs is 2. The van der Waals surface area contributed by atoms with E-state index < -0.39 is 26.2 Å². The Hall–Kier alpha value is -5.34. The van der Waals surface area contributed by atoms with Crippen LogP contribution in [0, 0.1) is 0 Å². The molecule has 0 atom stereocenters. The fourth-order valence-electron chi connectivity index (χ4n) is 4.92. The molecule has 1 aliphatic heterocycles. The number of carbonyl (C=O) groups is 1. The van der Waals surface area contributed by atoms with Gasteiger partial charge in [-0.05, 0) is 84.4 Å². The molecule has 0 saturated carbocycles. The molecule has 0 fully saturated rings. The summed E-state index contributed by atoms with van der Waals surface area (Å²) >= 11 is 0. The topological polar surface area (TPSA) is 184 Å². The first kappa shape index (κ1) is 29.7. The third-order valence-electron chi connectivity index (χ3n) is 6.97. The van der Waals surface area contributed by atoms with Crippen LogP contribution in [0.4, 0.5) is 17.1 Å². The highest BCUT2D eigenvalue weighted by Crippen LogP contribution is 2.42. The van der Waals surface area contributed by atoms with Crippen molar-refractivity contribution < 1.29 is 40.3 Å². The minimum atomic E-state index is -4.35. The lowest BCUT2D eigenvalue weighted by Crippen LogP contribution is -2.04. The summed E-state index contributed by atoms with van der Waals surface area (Å²) in [6, 6.07) is 27.9. The van der Waals surface area contributed by atoms with E-state index in [1.165, 1.54) is 54.6 Å². The van der Waals surface area contributed by atoms with Crippen LogP contribution in [0.2, 0.25) is 0 Å². The summed E-state index contributed by atoms with van der Waals surface area (Å²) in [4.78, 5) is 16.2. The average molecular weight is 643 g/mol. The Morgan fingerprint density at radius 1 is 0.689 bits per heavy atom. The van der Waals surface area contributed by atoms with Gasteiger partial charge < -0.3 is 14.8 Å². The minimum absolute atomic E-state index is 0.0973. The largest absolute Gasteiger partial charge is 0.478 e. The third-order valence-corrected chi connectivity index (χ3v) is 8.70. The SMILES string of the molecule is O=C(O)c1ccccc1-c1c2ccc(=Nc3ccc(S(=O)(=O)O)cc3)cc-2oc2cc(Nc3ccc(S(=O)(=O)O)cc3)ccc12. The highest BCUT2D eigenvalue weighted by atomic mass is 32.2. The first-order valence-electron chi connectivity index (χ1n) is 13.2. The summed E-state index contributed by atoms with van der Waals surface area (Å²) in [5.74, 6) is -0.706. The molecule has 0 bridgehead atoms. The molecule has 4 N–H and O–H groups in total. The van der Waals surface area contributed by atoms with E-state index in [0.29, 0.717) is 55.8 Å². The second kappa shape index (κ2) is 11.3. The zero-order chi connectivity index (χ0) is 31.9. The molecule has 0 spiro atoms. The van der Waals surface area contributed by atoms with E-state index in [1.54, 1.807) is 54.6 Å². The van der Waals surface area contributed by atoms with E-state index in [2.05, 4.69) is 10.3 Å². The fourth-order valence-corrected chi connectivity index (χ4v) is 5.88. The zero-order valence-corrected chi connectivity index (χ0v) is 24.6. The molecule has 2 aliphatic rings. The third kappa shape index (κ3) is 6.18. The van der Waals surface area contributed by atoms with Crippen molar-refractivity contribution in [2.24, 2.45) is 4.99 Å². The Bertz CT molecular complexity index is 2370. The lowest BCUT2D eigenvalue weighted by Gasteiger charge is -2.17. The van der Waals surface area contributed by atoms with Crippen LogP contribution in [0.1, 0.15) is 10.4 Å². The van der Waals surface area contributed by atoms with Crippen molar-refractivity contribution in [1.29, 1.82) is 0 Å². The highest BCUT2D eigenvalue weighted by Gasteiger charge is 2.21. The van der Waals surface area contributed by atoms with Gasteiger partial charge in [-0.15, -0.1) is 0 Å². The molecule has 0 saturated heterocycles. The molecule has 226 valence electrons. The molecule has 0 radical (unpaired) electrons. The first-order valence-corrected chi connectivity index (χ1v) is 16.0. The number of aromatic carboxylic acids is 1. The molecule has 0 amide bonds. The van der Waals surface area contributed by atoms with Gasteiger partial charge >= 0.3 is 5.97 Å². The summed E-state index contributed by atoms with van der Waals surface area (Å²) in [5.41, 5.74) is 3.78. The molecule has 45 heavy (non-hydrogen) atoms. The molecule has 0 unspecified atom stereocenters. The van der Waals surface area contributed by atoms with Gasteiger partial charge in [0.15, 0.2) is 0 Å². The molecule has 1 heterocycles. The van der Waals surface area contributed by atoms with Crippen molar-refractivity contribution >= 4 is 54.2 Å². The Morgan fingerprint density at radius 2 is 1.31 bits per heavy atom. The summed E-state index contributed by atoms with van der Waals surface area (Å²) in [6.45, 7) is 0. The summed E-state index contributed by atoms with van der Waals surface area (Å²) in [7, 11) is -8.69. The van der Waals surface area contributed by atoms with Crippen LogP contribution >= 0.6 is 0 Å². The second-order valence-corrected chi connectivity index (χ2v) is 12.8. The quantitative estimate of drug-likeness (QED) is 0.113. The maximum atomic E-state index is 12.2. The number of rotatable bonds is 7. The molecule has 13 heteroatoms. The maximum absolute atomic E-state index is 12.2. The Morgan fingerprint density at radius 3 is 1.96 bits per heavy atom. The molecular formula is C32H22N2O9S2. The molecule has 11 nitrogen and oxygen atoms in total. The van der Waals surface area contributed by atoms with Crippen LogP contribution in [0.5, 0.6) is 0 Å². The summed E-state index contributed by atoms with van der Waals surface area (Å²) in [6.07, 6.45) is 0. The van der Waals surface area contributed by atoms with E-state index in [4.69, 9.17) is 4.42 Å². The molecule has 1 aliphatic carbocycles. The average Bonchev–Trinajstić information content (AvgIpc) is 2.99. The number of nitrogens with one attached hydrogen (secondary N) is 1. The van der Waals surface area contributed by atoms with Crippen LogP contribution in [-0.4, -0.2) is 37.0 Å². The summed E-state index contributed by atoms with van der Waals surface area (Å²) in [5, 5.41) is 14.2. The zero-order valence-electron chi connectivity index (χ0n) is 22.9. The van der Waals surface area contributed by atoms with Gasteiger partial charge in [-0.1, -0.05) is 18.2 Å². The van der Waals surface area contributed by atoms with E-state index in [-0.39, 0.29) is 15.4 Å². The smallest absolute Gasteiger partial charge is 0.336 e. The van der Waals surface area contributed by atoms with Crippen LogP contribution in [0.25, 0.3) is 33.4 Å². The molecule has 4 aromatic carbocycles. The Kier molecular flexibility index (Phi) is 7.46. The van der Waals surface area contributed by atoms with Crippen molar-refractivity contribution in [3.05, 3.63) is 120 Å². The van der Waals surface area contributed by atoms with Gasteiger partial charge in [-0.3, -0.25) is 9.11 Å². The standard InChI is InChI=1S/C32H22N2O9S2/c35-32(36)26-4-2-1-3-25(26)31-27-15-9-21(33-19-5-11-23(12-6-19)44(37,38)39)17-29(27)43-30-18-22(10-16-28(30)31)34-20-7-13-24(14-8-20)45(40,41)42/h1-18,33H,(H,35,36)(H,37,38,39)(H,40,41,42). The van der Waals surface area contributed by atoms with Crippen molar-refractivity contribution in [3.63, 3.8) is 0 Å². The fraction of sp³-hybridized carbons (Fsp3) is 0. The number of carboxylic acid groups (broad SMARTS) is 1. The molecule has 6 rings (SSSR count). The summed E-state index contributed by atoms with van der Waals surface area (Å²) < 4.78 is 70.4. The molecule has 0 aromatic heterocycles. The van der Waals surface area contributed by atoms with Gasteiger partial charge in [0.1, 0.15) is 11.3 Å². The van der Waals surface area contributed by atoms with E-state index in [0.717, 1.165) is 0 Å². The second-order valence-electron chi connectivity index (χ2n) is 9.92. The van der Waals surface area contributed by atoms with E-state index >= 15 is 0 Å².